The fraction of sp³-hybridized carbons (Fsp3) is 0.556. The molecule has 1 aromatic rings. The molecule has 0 heterocycles. The van der Waals surface area contributed by atoms with Crippen molar-refractivity contribution in [3.63, 3.8) is 0 Å². The maximum Gasteiger partial charge on any atom is 0.251 e. The fourth-order valence-electron chi connectivity index (χ4n) is 1.97. The lowest BCUT2D eigenvalue weighted by Gasteiger charge is -2.19. The standard InChI is InChI=1S/C18H29N3O2/c1-13(11-19)12-21-16(22)9-10-20-17(23)14-5-7-15(8-6-14)18(2,3)4/h5-8,13H,9-12,19H2,1-4H3,(H,20,23)(H,21,22). The molecule has 1 unspecified atom stereocenters. The molecule has 2 amide bonds. The minimum Gasteiger partial charge on any atom is -0.356 e. The average molecular weight is 319 g/mol. The van der Waals surface area contributed by atoms with Gasteiger partial charge in [0, 0.05) is 25.1 Å². The van der Waals surface area contributed by atoms with E-state index in [1.165, 1.54) is 5.56 Å². The highest BCUT2D eigenvalue weighted by atomic mass is 16.2. The first-order chi connectivity index (χ1) is 10.7. The summed E-state index contributed by atoms with van der Waals surface area (Å²) in [5.41, 5.74) is 7.34. The second-order valence-electron chi connectivity index (χ2n) is 6.98. The number of carbonyl (C=O) groups is 2. The van der Waals surface area contributed by atoms with Gasteiger partial charge in [0.1, 0.15) is 0 Å². The maximum absolute atomic E-state index is 12.0. The number of carbonyl (C=O) groups excluding carboxylic acids is 2. The Morgan fingerprint density at radius 2 is 1.74 bits per heavy atom. The second-order valence-corrected chi connectivity index (χ2v) is 6.98. The van der Waals surface area contributed by atoms with Gasteiger partial charge < -0.3 is 16.4 Å². The zero-order chi connectivity index (χ0) is 17.5. The van der Waals surface area contributed by atoms with Crippen LogP contribution in [-0.4, -0.2) is 31.4 Å². The molecule has 0 fully saturated rings. The molecule has 0 bridgehead atoms. The van der Waals surface area contributed by atoms with Gasteiger partial charge in [-0.2, -0.15) is 0 Å². The molecule has 0 aliphatic heterocycles. The number of hydrogen-bond acceptors (Lipinski definition) is 3. The molecule has 0 spiro atoms. The van der Waals surface area contributed by atoms with Gasteiger partial charge in [0.05, 0.1) is 0 Å². The number of nitrogens with two attached hydrogens (primary N) is 1. The Balaban J connectivity index is 2.38. The van der Waals surface area contributed by atoms with Crippen LogP contribution in [0, 0.1) is 5.92 Å². The molecule has 0 saturated heterocycles. The van der Waals surface area contributed by atoms with Gasteiger partial charge in [-0.05, 0) is 35.6 Å². The zero-order valence-corrected chi connectivity index (χ0v) is 14.6. The number of benzene rings is 1. The molecule has 0 aliphatic rings. The maximum atomic E-state index is 12.0. The quantitative estimate of drug-likeness (QED) is 0.716. The van der Waals surface area contributed by atoms with E-state index in [0.29, 0.717) is 25.2 Å². The molecule has 23 heavy (non-hydrogen) atoms. The van der Waals surface area contributed by atoms with Gasteiger partial charge in [-0.25, -0.2) is 0 Å². The summed E-state index contributed by atoms with van der Waals surface area (Å²) < 4.78 is 0. The third-order valence-electron chi connectivity index (χ3n) is 3.70. The Morgan fingerprint density at radius 3 is 2.26 bits per heavy atom. The van der Waals surface area contributed by atoms with Crippen LogP contribution >= 0.6 is 0 Å². The zero-order valence-electron chi connectivity index (χ0n) is 14.6. The smallest absolute Gasteiger partial charge is 0.251 e. The van der Waals surface area contributed by atoms with E-state index >= 15 is 0 Å². The number of amides is 2. The van der Waals surface area contributed by atoms with E-state index in [1.807, 2.05) is 31.2 Å². The van der Waals surface area contributed by atoms with Crippen molar-refractivity contribution in [2.75, 3.05) is 19.6 Å². The van der Waals surface area contributed by atoms with E-state index in [4.69, 9.17) is 5.73 Å². The first kappa shape index (κ1) is 19.2. The lowest BCUT2D eigenvalue weighted by atomic mass is 9.87. The van der Waals surface area contributed by atoms with Crippen LogP contribution in [0.3, 0.4) is 0 Å². The highest BCUT2D eigenvalue weighted by molar-refractivity contribution is 5.94. The van der Waals surface area contributed by atoms with Crippen LogP contribution in [0.15, 0.2) is 24.3 Å². The van der Waals surface area contributed by atoms with Gasteiger partial charge in [-0.15, -0.1) is 0 Å². The minimum absolute atomic E-state index is 0.0633. The molecular formula is C18H29N3O2. The predicted octanol–water partition coefficient (Wildman–Crippen LogP) is 1.81. The average Bonchev–Trinajstić information content (AvgIpc) is 2.51. The summed E-state index contributed by atoms with van der Waals surface area (Å²) in [5.74, 6) is 0.0251. The van der Waals surface area contributed by atoms with E-state index in [0.717, 1.165) is 0 Å². The Hall–Kier alpha value is -1.88. The van der Waals surface area contributed by atoms with Gasteiger partial charge >= 0.3 is 0 Å². The van der Waals surface area contributed by atoms with Crippen LogP contribution in [0.1, 0.15) is 50.0 Å². The van der Waals surface area contributed by atoms with Crippen LogP contribution in [0.4, 0.5) is 0 Å². The third kappa shape index (κ3) is 6.82. The fourth-order valence-corrected chi connectivity index (χ4v) is 1.97. The summed E-state index contributed by atoms with van der Waals surface area (Å²) in [6.45, 7) is 9.80. The molecule has 5 heteroatoms. The monoisotopic (exact) mass is 319 g/mol. The van der Waals surface area contributed by atoms with Crippen molar-refractivity contribution in [3.8, 4) is 0 Å². The highest BCUT2D eigenvalue weighted by Crippen LogP contribution is 2.22. The summed E-state index contributed by atoms with van der Waals surface area (Å²) in [6, 6.07) is 7.57. The van der Waals surface area contributed by atoms with Crippen molar-refractivity contribution >= 4 is 11.8 Å². The molecular weight excluding hydrogens is 290 g/mol. The van der Waals surface area contributed by atoms with Crippen molar-refractivity contribution in [1.82, 2.24) is 10.6 Å². The van der Waals surface area contributed by atoms with Gasteiger partial charge in [-0.1, -0.05) is 39.8 Å². The molecule has 4 N–H and O–H groups in total. The normalized spacial score (nSPS) is 12.6. The summed E-state index contributed by atoms with van der Waals surface area (Å²) >= 11 is 0. The van der Waals surface area contributed by atoms with Gasteiger partial charge in [0.2, 0.25) is 5.91 Å². The first-order valence-electron chi connectivity index (χ1n) is 8.09. The SMILES string of the molecule is CC(CN)CNC(=O)CCNC(=O)c1ccc(C(C)(C)C)cc1. The van der Waals surface area contributed by atoms with Crippen LogP contribution in [0.2, 0.25) is 0 Å². The van der Waals surface area contributed by atoms with Crippen molar-refractivity contribution < 1.29 is 9.59 Å². The van der Waals surface area contributed by atoms with Crippen molar-refractivity contribution in [1.29, 1.82) is 0 Å². The molecule has 0 saturated carbocycles. The van der Waals surface area contributed by atoms with E-state index in [9.17, 15) is 9.59 Å². The molecule has 5 nitrogen and oxygen atoms in total. The molecule has 1 rings (SSSR count). The Bertz CT molecular complexity index is 518. The van der Waals surface area contributed by atoms with E-state index in [2.05, 4.69) is 31.4 Å². The first-order valence-corrected chi connectivity index (χ1v) is 8.09. The highest BCUT2D eigenvalue weighted by Gasteiger charge is 2.14. The number of nitrogens with one attached hydrogen (secondary N) is 2. The van der Waals surface area contributed by atoms with Crippen LogP contribution in [0.5, 0.6) is 0 Å². The topological polar surface area (TPSA) is 84.2 Å². The molecule has 128 valence electrons. The van der Waals surface area contributed by atoms with Crippen LogP contribution in [0.25, 0.3) is 0 Å². The molecule has 1 aromatic carbocycles. The third-order valence-corrected chi connectivity index (χ3v) is 3.70. The Morgan fingerprint density at radius 1 is 1.13 bits per heavy atom. The van der Waals surface area contributed by atoms with Crippen LogP contribution in [-0.2, 0) is 10.2 Å². The lowest BCUT2D eigenvalue weighted by molar-refractivity contribution is -0.121. The summed E-state index contributed by atoms with van der Waals surface area (Å²) in [7, 11) is 0. The predicted molar refractivity (Wildman–Crippen MR) is 93.3 cm³/mol. The van der Waals surface area contributed by atoms with Crippen molar-refractivity contribution in [2.24, 2.45) is 11.7 Å². The van der Waals surface area contributed by atoms with E-state index in [-0.39, 0.29) is 29.6 Å². The van der Waals surface area contributed by atoms with Gasteiger partial charge in [-0.3, -0.25) is 9.59 Å². The summed E-state index contributed by atoms with van der Waals surface area (Å²) in [4.78, 5) is 23.7. The van der Waals surface area contributed by atoms with Crippen LogP contribution < -0.4 is 16.4 Å². The summed E-state index contributed by atoms with van der Waals surface area (Å²) in [5, 5.41) is 5.57. The number of hydrogen-bond donors (Lipinski definition) is 3. The molecule has 1 atom stereocenters. The second kappa shape index (κ2) is 8.67. The van der Waals surface area contributed by atoms with E-state index < -0.39 is 0 Å². The van der Waals surface area contributed by atoms with Crippen molar-refractivity contribution in [2.45, 2.75) is 39.5 Å². The van der Waals surface area contributed by atoms with Gasteiger partial charge in [0.15, 0.2) is 0 Å². The molecule has 0 aromatic heterocycles. The molecule has 0 radical (unpaired) electrons. The molecule has 0 aliphatic carbocycles. The minimum atomic E-state index is -0.159. The Labute approximate surface area is 139 Å². The van der Waals surface area contributed by atoms with Crippen molar-refractivity contribution in [3.05, 3.63) is 35.4 Å². The largest absolute Gasteiger partial charge is 0.356 e. The lowest BCUT2D eigenvalue weighted by Crippen LogP contribution is -2.34. The number of rotatable bonds is 7. The summed E-state index contributed by atoms with van der Waals surface area (Å²) in [6.07, 6.45) is 0.267. The van der Waals surface area contributed by atoms with E-state index in [1.54, 1.807) is 0 Å². The van der Waals surface area contributed by atoms with Gasteiger partial charge in [0.25, 0.3) is 5.91 Å². The Kier molecular flexibility index (Phi) is 7.23.